The SMILES string of the molecule is CCOC(=O)C1=C(C)N=c2s/c(=C/c3ccc(Cl)cc3)c(=O)n2C1c1ccc(OC)cc1. The van der Waals surface area contributed by atoms with Crippen molar-refractivity contribution in [2.24, 2.45) is 4.99 Å². The van der Waals surface area contributed by atoms with Crippen LogP contribution in [-0.4, -0.2) is 24.3 Å². The Morgan fingerprint density at radius 3 is 2.50 bits per heavy atom. The molecule has 0 N–H and O–H groups in total. The van der Waals surface area contributed by atoms with Gasteiger partial charge in [-0.25, -0.2) is 9.79 Å². The van der Waals surface area contributed by atoms with Gasteiger partial charge in [0.2, 0.25) is 0 Å². The molecule has 0 saturated heterocycles. The molecule has 0 aliphatic carbocycles. The van der Waals surface area contributed by atoms with Crippen LogP contribution in [0.2, 0.25) is 5.02 Å². The molecule has 32 heavy (non-hydrogen) atoms. The predicted molar refractivity (Wildman–Crippen MR) is 125 cm³/mol. The summed E-state index contributed by atoms with van der Waals surface area (Å²) in [5.74, 6) is 0.198. The van der Waals surface area contributed by atoms with Gasteiger partial charge in [0.15, 0.2) is 4.80 Å². The monoisotopic (exact) mass is 468 g/mol. The van der Waals surface area contributed by atoms with Crippen LogP contribution in [0.25, 0.3) is 6.08 Å². The van der Waals surface area contributed by atoms with E-state index < -0.39 is 12.0 Å². The number of hydrogen-bond acceptors (Lipinski definition) is 6. The van der Waals surface area contributed by atoms with Gasteiger partial charge >= 0.3 is 5.97 Å². The van der Waals surface area contributed by atoms with E-state index in [2.05, 4.69) is 4.99 Å². The number of thiazole rings is 1. The molecule has 2 aromatic carbocycles. The second-order valence-electron chi connectivity index (χ2n) is 7.13. The van der Waals surface area contributed by atoms with Gasteiger partial charge in [-0.1, -0.05) is 47.2 Å². The highest BCUT2D eigenvalue weighted by Gasteiger charge is 2.33. The van der Waals surface area contributed by atoms with Crippen LogP contribution < -0.4 is 19.6 Å². The summed E-state index contributed by atoms with van der Waals surface area (Å²) in [6, 6.07) is 13.9. The molecule has 1 aliphatic rings. The molecule has 0 bridgehead atoms. The standard InChI is InChI=1S/C24H21ClN2O4S/c1-4-31-23(29)20-14(2)26-24-27(21(20)16-7-11-18(30-3)12-8-16)22(28)19(32-24)13-15-5-9-17(25)10-6-15/h5-13,21H,4H2,1-3H3/b19-13+. The Morgan fingerprint density at radius 2 is 1.88 bits per heavy atom. The van der Waals surface area contributed by atoms with E-state index in [1.165, 1.54) is 11.3 Å². The topological polar surface area (TPSA) is 69.9 Å². The molecule has 0 spiro atoms. The van der Waals surface area contributed by atoms with Gasteiger partial charge in [-0.05, 0) is 55.3 Å². The van der Waals surface area contributed by atoms with E-state index in [0.717, 1.165) is 11.1 Å². The zero-order valence-corrected chi connectivity index (χ0v) is 19.4. The number of carbonyl (C=O) groups excluding carboxylic acids is 1. The lowest BCUT2D eigenvalue weighted by molar-refractivity contribution is -0.139. The summed E-state index contributed by atoms with van der Waals surface area (Å²) in [7, 11) is 1.59. The minimum absolute atomic E-state index is 0.223. The lowest BCUT2D eigenvalue weighted by Crippen LogP contribution is -2.39. The molecule has 4 rings (SSSR count). The summed E-state index contributed by atoms with van der Waals surface area (Å²) in [5.41, 5.74) is 2.27. The van der Waals surface area contributed by atoms with Gasteiger partial charge in [0.25, 0.3) is 5.56 Å². The van der Waals surface area contributed by atoms with E-state index in [-0.39, 0.29) is 12.2 Å². The minimum atomic E-state index is -0.649. The predicted octanol–water partition coefficient (Wildman–Crippen LogP) is 3.46. The van der Waals surface area contributed by atoms with Gasteiger partial charge in [-0.3, -0.25) is 9.36 Å². The zero-order chi connectivity index (χ0) is 22.8. The van der Waals surface area contributed by atoms with Crippen LogP contribution in [0.1, 0.15) is 31.0 Å². The van der Waals surface area contributed by atoms with Crippen LogP contribution in [0, 0.1) is 0 Å². The van der Waals surface area contributed by atoms with Crippen molar-refractivity contribution in [1.29, 1.82) is 0 Å². The van der Waals surface area contributed by atoms with E-state index in [4.69, 9.17) is 21.1 Å². The number of benzene rings is 2. The number of carbonyl (C=O) groups is 1. The number of halogens is 1. The summed E-state index contributed by atoms with van der Waals surface area (Å²) in [4.78, 5) is 31.5. The maximum atomic E-state index is 13.5. The van der Waals surface area contributed by atoms with Crippen molar-refractivity contribution < 1.29 is 14.3 Å². The molecule has 1 unspecified atom stereocenters. The van der Waals surface area contributed by atoms with E-state index in [1.54, 1.807) is 55.9 Å². The first-order valence-corrected chi connectivity index (χ1v) is 11.2. The summed E-state index contributed by atoms with van der Waals surface area (Å²) in [6.07, 6.45) is 1.80. The van der Waals surface area contributed by atoms with Crippen molar-refractivity contribution in [3.8, 4) is 5.75 Å². The number of nitrogens with zero attached hydrogens (tertiary/aromatic N) is 2. The lowest BCUT2D eigenvalue weighted by atomic mass is 9.96. The fourth-order valence-corrected chi connectivity index (χ4v) is 4.78. The summed E-state index contributed by atoms with van der Waals surface area (Å²) < 4.78 is 12.6. The third kappa shape index (κ3) is 4.13. The molecule has 0 saturated carbocycles. The van der Waals surface area contributed by atoms with Crippen LogP contribution >= 0.6 is 22.9 Å². The quantitative estimate of drug-likeness (QED) is 0.538. The van der Waals surface area contributed by atoms with Gasteiger partial charge in [0, 0.05) is 5.02 Å². The molecule has 3 aromatic rings. The minimum Gasteiger partial charge on any atom is -0.497 e. The van der Waals surface area contributed by atoms with E-state index in [1.807, 2.05) is 24.3 Å². The molecule has 6 nitrogen and oxygen atoms in total. The molecular formula is C24H21ClN2O4S. The molecule has 1 aliphatic heterocycles. The van der Waals surface area contributed by atoms with Crippen LogP contribution in [-0.2, 0) is 9.53 Å². The number of aromatic nitrogens is 1. The van der Waals surface area contributed by atoms with E-state index in [9.17, 15) is 9.59 Å². The molecule has 2 heterocycles. The van der Waals surface area contributed by atoms with Crippen molar-refractivity contribution in [1.82, 2.24) is 4.57 Å². The first-order chi connectivity index (χ1) is 15.4. The van der Waals surface area contributed by atoms with Crippen LogP contribution in [0.5, 0.6) is 5.75 Å². The number of fused-ring (bicyclic) bond motifs is 1. The molecule has 0 amide bonds. The Labute approximate surface area is 193 Å². The number of ether oxygens (including phenoxy) is 2. The molecule has 0 fully saturated rings. The third-order valence-corrected chi connectivity index (χ3v) is 6.35. The number of allylic oxidation sites excluding steroid dienone is 1. The van der Waals surface area contributed by atoms with Crippen molar-refractivity contribution in [3.63, 3.8) is 0 Å². The third-order valence-electron chi connectivity index (χ3n) is 5.12. The highest BCUT2D eigenvalue weighted by molar-refractivity contribution is 7.07. The number of methoxy groups -OCH3 is 1. The van der Waals surface area contributed by atoms with Crippen LogP contribution in [0.4, 0.5) is 0 Å². The van der Waals surface area contributed by atoms with Crippen molar-refractivity contribution in [2.75, 3.05) is 13.7 Å². The number of hydrogen-bond donors (Lipinski definition) is 0. The first kappa shape index (κ1) is 22.0. The van der Waals surface area contributed by atoms with Crippen molar-refractivity contribution >= 4 is 35.0 Å². The Bertz CT molecular complexity index is 1370. The molecule has 0 radical (unpaired) electrons. The number of esters is 1. The smallest absolute Gasteiger partial charge is 0.338 e. The maximum absolute atomic E-state index is 13.5. The van der Waals surface area contributed by atoms with Gasteiger partial charge < -0.3 is 9.47 Å². The highest BCUT2D eigenvalue weighted by atomic mass is 35.5. The Kier molecular flexibility index (Phi) is 6.30. The van der Waals surface area contributed by atoms with Crippen LogP contribution in [0.3, 0.4) is 0 Å². The fourth-order valence-electron chi connectivity index (χ4n) is 3.60. The molecule has 164 valence electrons. The second-order valence-corrected chi connectivity index (χ2v) is 8.57. The molecule has 1 aromatic heterocycles. The largest absolute Gasteiger partial charge is 0.497 e. The average molecular weight is 469 g/mol. The first-order valence-electron chi connectivity index (χ1n) is 10.0. The van der Waals surface area contributed by atoms with Gasteiger partial charge in [-0.2, -0.15) is 0 Å². The van der Waals surface area contributed by atoms with E-state index >= 15 is 0 Å². The van der Waals surface area contributed by atoms with E-state index in [0.29, 0.717) is 31.4 Å². The molecule has 8 heteroatoms. The van der Waals surface area contributed by atoms with Crippen LogP contribution in [0.15, 0.2) is 69.6 Å². The van der Waals surface area contributed by atoms with Crippen molar-refractivity contribution in [3.05, 3.63) is 95.6 Å². The Balaban J connectivity index is 1.93. The average Bonchev–Trinajstić information content (AvgIpc) is 3.09. The van der Waals surface area contributed by atoms with Gasteiger partial charge in [-0.15, -0.1) is 0 Å². The Hall–Kier alpha value is -3.16. The van der Waals surface area contributed by atoms with Gasteiger partial charge in [0.1, 0.15) is 5.75 Å². The lowest BCUT2D eigenvalue weighted by Gasteiger charge is -2.24. The fraction of sp³-hybridized carbons (Fsp3) is 0.208. The normalized spacial score (nSPS) is 15.9. The summed E-state index contributed by atoms with van der Waals surface area (Å²) >= 11 is 7.26. The Morgan fingerprint density at radius 1 is 1.19 bits per heavy atom. The van der Waals surface area contributed by atoms with Gasteiger partial charge in [0.05, 0.1) is 35.6 Å². The second kappa shape index (κ2) is 9.14. The zero-order valence-electron chi connectivity index (χ0n) is 17.8. The highest BCUT2D eigenvalue weighted by Crippen LogP contribution is 2.31. The summed E-state index contributed by atoms with van der Waals surface area (Å²) in [5, 5.41) is 0.623. The molecular weight excluding hydrogens is 448 g/mol. The molecule has 1 atom stereocenters. The summed E-state index contributed by atoms with van der Waals surface area (Å²) in [6.45, 7) is 3.74. The number of rotatable bonds is 5. The maximum Gasteiger partial charge on any atom is 0.338 e. The van der Waals surface area contributed by atoms with Crippen molar-refractivity contribution in [2.45, 2.75) is 19.9 Å².